The van der Waals surface area contributed by atoms with E-state index in [-0.39, 0.29) is 5.78 Å². The van der Waals surface area contributed by atoms with Gasteiger partial charge in [0.2, 0.25) is 0 Å². The summed E-state index contributed by atoms with van der Waals surface area (Å²) >= 11 is 5.79. The lowest BCUT2D eigenvalue weighted by Crippen LogP contribution is -2.35. The minimum atomic E-state index is -0.570. The molecule has 16 heavy (non-hydrogen) atoms. The first-order chi connectivity index (χ1) is 7.60. The van der Waals surface area contributed by atoms with Crippen molar-refractivity contribution in [3.8, 4) is 0 Å². The van der Waals surface area contributed by atoms with Crippen LogP contribution in [0.3, 0.4) is 0 Å². The Kier molecular flexibility index (Phi) is 3.31. The van der Waals surface area contributed by atoms with Gasteiger partial charge in [-0.25, -0.2) is 0 Å². The van der Waals surface area contributed by atoms with E-state index >= 15 is 0 Å². The molecular formula is C13H15ClO2. The molecule has 3 heteroatoms. The van der Waals surface area contributed by atoms with Gasteiger partial charge in [-0.3, -0.25) is 4.79 Å². The molecule has 1 atom stereocenters. The molecule has 0 radical (unpaired) electrons. The number of rotatable bonds is 3. The highest BCUT2D eigenvalue weighted by Crippen LogP contribution is 2.27. The van der Waals surface area contributed by atoms with Crippen molar-refractivity contribution < 1.29 is 9.53 Å². The molecule has 1 fully saturated rings. The van der Waals surface area contributed by atoms with Gasteiger partial charge in [0.1, 0.15) is 5.60 Å². The van der Waals surface area contributed by atoms with Crippen LogP contribution >= 0.6 is 11.6 Å². The van der Waals surface area contributed by atoms with Crippen molar-refractivity contribution in [2.75, 3.05) is 6.61 Å². The molecule has 1 aliphatic heterocycles. The minimum absolute atomic E-state index is 0.160. The van der Waals surface area contributed by atoms with Crippen LogP contribution in [0, 0.1) is 0 Å². The Morgan fingerprint density at radius 2 is 2.12 bits per heavy atom. The molecule has 0 N–H and O–H groups in total. The van der Waals surface area contributed by atoms with Crippen molar-refractivity contribution >= 4 is 17.4 Å². The summed E-state index contributed by atoms with van der Waals surface area (Å²) in [6.07, 6.45) is 2.23. The summed E-state index contributed by atoms with van der Waals surface area (Å²) in [7, 11) is 0. The van der Waals surface area contributed by atoms with Gasteiger partial charge in [0, 0.05) is 18.1 Å². The van der Waals surface area contributed by atoms with Crippen molar-refractivity contribution in [1.29, 1.82) is 0 Å². The fourth-order valence-electron chi connectivity index (χ4n) is 1.97. The summed E-state index contributed by atoms with van der Waals surface area (Å²) in [5.74, 6) is 0.160. The average Bonchev–Trinajstić information content (AvgIpc) is 2.70. The molecule has 1 saturated heterocycles. The van der Waals surface area contributed by atoms with Gasteiger partial charge in [-0.05, 0) is 37.5 Å². The minimum Gasteiger partial charge on any atom is -0.367 e. The summed E-state index contributed by atoms with van der Waals surface area (Å²) in [5, 5.41) is 0.694. The van der Waals surface area contributed by atoms with Gasteiger partial charge in [-0.15, -0.1) is 0 Å². The summed E-state index contributed by atoms with van der Waals surface area (Å²) in [6, 6.07) is 7.39. The predicted octanol–water partition coefficient (Wildman–Crippen LogP) is 3.02. The topological polar surface area (TPSA) is 26.3 Å². The number of ketones is 1. The molecule has 1 aromatic carbocycles. The van der Waals surface area contributed by atoms with Crippen molar-refractivity contribution in [3.63, 3.8) is 0 Å². The third-order valence-electron chi connectivity index (χ3n) is 3.09. The van der Waals surface area contributed by atoms with E-state index in [0.29, 0.717) is 18.1 Å². The average molecular weight is 239 g/mol. The van der Waals surface area contributed by atoms with Gasteiger partial charge in [-0.1, -0.05) is 23.7 Å². The maximum Gasteiger partial charge on any atom is 0.168 e. The number of carbonyl (C=O) groups excluding carboxylic acids is 1. The standard InChI is InChI=1S/C13H15ClO2/c1-13(7-2-8-16-13)12(15)9-10-3-5-11(14)6-4-10/h3-6H,2,7-9H2,1H3. The van der Waals surface area contributed by atoms with E-state index in [4.69, 9.17) is 16.3 Å². The van der Waals surface area contributed by atoms with Crippen LogP contribution < -0.4 is 0 Å². The smallest absolute Gasteiger partial charge is 0.168 e. The van der Waals surface area contributed by atoms with Gasteiger partial charge < -0.3 is 4.74 Å². The first-order valence-corrected chi connectivity index (χ1v) is 5.90. The van der Waals surface area contributed by atoms with Crippen LogP contribution in [0.4, 0.5) is 0 Å². The van der Waals surface area contributed by atoms with Crippen LogP contribution in [0.25, 0.3) is 0 Å². The largest absolute Gasteiger partial charge is 0.367 e. The quantitative estimate of drug-likeness (QED) is 0.809. The lowest BCUT2D eigenvalue weighted by Gasteiger charge is -2.21. The molecule has 0 aliphatic carbocycles. The number of halogens is 1. The summed E-state index contributed by atoms with van der Waals surface area (Å²) in [6.45, 7) is 2.58. The third-order valence-corrected chi connectivity index (χ3v) is 3.34. The molecule has 2 nitrogen and oxygen atoms in total. The van der Waals surface area contributed by atoms with Crippen LogP contribution in [0.2, 0.25) is 5.02 Å². The van der Waals surface area contributed by atoms with Crippen LogP contribution in [-0.2, 0) is 16.0 Å². The molecule has 1 heterocycles. The molecule has 2 rings (SSSR count). The first-order valence-electron chi connectivity index (χ1n) is 5.52. The summed E-state index contributed by atoms with van der Waals surface area (Å²) in [4.78, 5) is 12.1. The Hall–Kier alpha value is -0.860. The second kappa shape index (κ2) is 4.56. The monoisotopic (exact) mass is 238 g/mol. The first kappa shape index (κ1) is 11.6. The lowest BCUT2D eigenvalue weighted by molar-refractivity contribution is -0.136. The molecule has 0 saturated carbocycles. The molecule has 0 aromatic heterocycles. The van der Waals surface area contributed by atoms with Crippen LogP contribution in [0.1, 0.15) is 25.3 Å². The van der Waals surface area contributed by atoms with Gasteiger partial charge in [0.25, 0.3) is 0 Å². The van der Waals surface area contributed by atoms with Gasteiger partial charge >= 0.3 is 0 Å². The number of Topliss-reactive ketones (excluding diaryl/α,β-unsaturated/α-hetero) is 1. The van der Waals surface area contributed by atoms with Crippen LogP contribution in [0.15, 0.2) is 24.3 Å². The van der Waals surface area contributed by atoms with E-state index < -0.39 is 5.60 Å². The predicted molar refractivity (Wildman–Crippen MR) is 63.8 cm³/mol. The Morgan fingerprint density at radius 3 is 2.69 bits per heavy atom. The normalized spacial score (nSPS) is 24.6. The molecule has 0 bridgehead atoms. The van der Waals surface area contributed by atoms with Gasteiger partial charge in [-0.2, -0.15) is 0 Å². The highest BCUT2D eigenvalue weighted by molar-refractivity contribution is 6.30. The third kappa shape index (κ3) is 2.45. The van der Waals surface area contributed by atoms with E-state index in [1.165, 1.54) is 0 Å². The van der Waals surface area contributed by atoms with Gasteiger partial charge in [0.05, 0.1) is 0 Å². The van der Waals surface area contributed by atoms with Crippen LogP contribution in [0.5, 0.6) is 0 Å². The number of hydrogen-bond acceptors (Lipinski definition) is 2. The zero-order valence-electron chi connectivity index (χ0n) is 9.33. The number of carbonyl (C=O) groups is 1. The Balaban J connectivity index is 2.04. The summed E-state index contributed by atoms with van der Waals surface area (Å²) < 4.78 is 5.52. The Bertz CT molecular complexity index is 377. The second-order valence-electron chi connectivity index (χ2n) is 4.41. The Labute approximate surface area is 101 Å². The maximum atomic E-state index is 12.1. The fourth-order valence-corrected chi connectivity index (χ4v) is 2.10. The molecule has 1 aliphatic rings. The highest BCUT2D eigenvalue weighted by atomic mass is 35.5. The van der Waals surface area contributed by atoms with Crippen LogP contribution in [-0.4, -0.2) is 18.0 Å². The molecule has 1 aromatic rings. The van der Waals surface area contributed by atoms with Crippen molar-refractivity contribution in [3.05, 3.63) is 34.9 Å². The molecule has 0 spiro atoms. The SMILES string of the molecule is CC1(C(=O)Cc2ccc(Cl)cc2)CCCO1. The van der Waals surface area contributed by atoms with Crippen molar-refractivity contribution in [1.82, 2.24) is 0 Å². The molecule has 0 amide bonds. The molecule has 86 valence electrons. The van der Waals surface area contributed by atoms with E-state index in [9.17, 15) is 4.79 Å². The second-order valence-corrected chi connectivity index (χ2v) is 4.85. The van der Waals surface area contributed by atoms with Gasteiger partial charge in [0.15, 0.2) is 5.78 Å². The van der Waals surface area contributed by atoms with E-state index in [1.807, 2.05) is 31.2 Å². The molecular weight excluding hydrogens is 224 g/mol. The zero-order chi connectivity index (χ0) is 11.6. The van der Waals surface area contributed by atoms with E-state index in [0.717, 1.165) is 18.4 Å². The number of ether oxygens (including phenoxy) is 1. The highest BCUT2D eigenvalue weighted by Gasteiger charge is 2.36. The Morgan fingerprint density at radius 1 is 1.44 bits per heavy atom. The molecule has 1 unspecified atom stereocenters. The van der Waals surface area contributed by atoms with E-state index in [2.05, 4.69) is 0 Å². The maximum absolute atomic E-state index is 12.1. The zero-order valence-corrected chi connectivity index (χ0v) is 10.1. The number of hydrogen-bond donors (Lipinski definition) is 0. The van der Waals surface area contributed by atoms with E-state index in [1.54, 1.807) is 0 Å². The van der Waals surface area contributed by atoms with Crippen molar-refractivity contribution in [2.24, 2.45) is 0 Å². The fraction of sp³-hybridized carbons (Fsp3) is 0.462. The van der Waals surface area contributed by atoms with Crippen molar-refractivity contribution in [2.45, 2.75) is 31.8 Å². The lowest BCUT2D eigenvalue weighted by atomic mass is 9.92. The number of benzene rings is 1. The summed E-state index contributed by atoms with van der Waals surface area (Å²) in [5.41, 5.74) is 0.422.